The maximum atomic E-state index is 13.0. The van der Waals surface area contributed by atoms with Gasteiger partial charge in [0.15, 0.2) is 5.65 Å². The minimum absolute atomic E-state index is 0.0985. The number of benzene rings is 2. The van der Waals surface area contributed by atoms with Crippen LogP contribution in [0.4, 0.5) is 5.69 Å². The maximum Gasteiger partial charge on any atom is 0.254 e. The first kappa shape index (κ1) is 21.6. The molecule has 0 aliphatic heterocycles. The molecule has 2 heterocycles. The van der Waals surface area contributed by atoms with E-state index in [9.17, 15) is 4.79 Å². The number of rotatable bonds is 7. The molecule has 4 aromatic rings. The van der Waals surface area contributed by atoms with Crippen LogP contribution < -0.4 is 5.73 Å². The van der Waals surface area contributed by atoms with Gasteiger partial charge in [-0.3, -0.25) is 14.2 Å². The molecule has 4 rings (SSSR count). The zero-order valence-corrected chi connectivity index (χ0v) is 18.9. The van der Waals surface area contributed by atoms with Gasteiger partial charge in [-0.25, -0.2) is 4.98 Å². The molecule has 6 nitrogen and oxygen atoms in total. The monoisotopic (exact) mass is 427 g/mol. The summed E-state index contributed by atoms with van der Waals surface area (Å²) in [6.45, 7) is 7.74. The first-order chi connectivity index (χ1) is 15.5. The minimum Gasteiger partial charge on any atom is -0.399 e. The van der Waals surface area contributed by atoms with E-state index in [-0.39, 0.29) is 5.91 Å². The van der Waals surface area contributed by atoms with Crippen molar-refractivity contribution in [1.29, 1.82) is 0 Å². The maximum absolute atomic E-state index is 13.0. The molecule has 0 atom stereocenters. The molecule has 1 amide bonds. The van der Waals surface area contributed by atoms with Gasteiger partial charge in [0, 0.05) is 41.7 Å². The highest BCUT2D eigenvalue weighted by atomic mass is 16.2. The van der Waals surface area contributed by atoms with Gasteiger partial charge < -0.3 is 10.6 Å². The van der Waals surface area contributed by atoms with Crippen molar-refractivity contribution < 1.29 is 4.79 Å². The average molecular weight is 428 g/mol. The summed E-state index contributed by atoms with van der Waals surface area (Å²) in [7, 11) is 0. The molecule has 0 aliphatic carbocycles. The van der Waals surface area contributed by atoms with Crippen molar-refractivity contribution in [2.75, 3.05) is 18.8 Å². The SMILES string of the molecule is CCCN(CCC)C(=O)c1ccc(-c2cn3c(-c4ccc(N)cc4)cnc3cn2)cc1C. The Hall–Kier alpha value is -3.67. The number of nitrogen functional groups attached to an aromatic ring is 1. The number of imidazole rings is 1. The van der Waals surface area contributed by atoms with Crippen LogP contribution in [0, 0.1) is 6.92 Å². The highest BCUT2D eigenvalue weighted by molar-refractivity contribution is 5.96. The third-order valence-electron chi connectivity index (χ3n) is 5.63. The van der Waals surface area contributed by atoms with Gasteiger partial charge in [-0.05, 0) is 49.6 Å². The molecule has 164 valence electrons. The molecular weight excluding hydrogens is 398 g/mol. The van der Waals surface area contributed by atoms with Crippen molar-refractivity contribution in [2.45, 2.75) is 33.6 Å². The van der Waals surface area contributed by atoms with Gasteiger partial charge in [0.25, 0.3) is 5.91 Å². The van der Waals surface area contributed by atoms with Crippen LogP contribution >= 0.6 is 0 Å². The Balaban J connectivity index is 1.68. The molecule has 0 aliphatic rings. The lowest BCUT2D eigenvalue weighted by Gasteiger charge is -2.22. The topological polar surface area (TPSA) is 76.5 Å². The van der Waals surface area contributed by atoms with Crippen molar-refractivity contribution in [3.05, 3.63) is 72.2 Å². The molecule has 0 saturated carbocycles. The van der Waals surface area contributed by atoms with Crippen LogP contribution in [0.25, 0.3) is 28.2 Å². The third kappa shape index (κ3) is 4.21. The molecule has 2 aromatic carbocycles. The number of aryl methyl sites for hydroxylation is 1. The summed E-state index contributed by atoms with van der Waals surface area (Å²) in [5, 5.41) is 0. The van der Waals surface area contributed by atoms with Gasteiger partial charge in [-0.1, -0.05) is 32.0 Å². The number of nitrogens with two attached hydrogens (primary N) is 1. The average Bonchev–Trinajstić information content (AvgIpc) is 3.22. The first-order valence-corrected chi connectivity index (χ1v) is 11.1. The lowest BCUT2D eigenvalue weighted by Crippen LogP contribution is -2.32. The van der Waals surface area contributed by atoms with E-state index in [0.717, 1.165) is 70.9 Å². The van der Waals surface area contributed by atoms with Crippen molar-refractivity contribution in [3.63, 3.8) is 0 Å². The molecule has 0 saturated heterocycles. The third-order valence-corrected chi connectivity index (χ3v) is 5.63. The lowest BCUT2D eigenvalue weighted by atomic mass is 10.0. The number of carbonyl (C=O) groups excluding carboxylic acids is 1. The van der Waals surface area contributed by atoms with E-state index >= 15 is 0 Å². The molecule has 0 fully saturated rings. The quantitative estimate of drug-likeness (QED) is 0.411. The van der Waals surface area contributed by atoms with E-state index in [1.165, 1.54) is 0 Å². The number of anilines is 1. The Morgan fingerprint density at radius 1 is 0.969 bits per heavy atom. The first-order valence-electron chi connectivity index (χ1n) is 11.1. The summed E-state index contributed by atoms with van der Waals surface area (Å²) < 4.78 is 2.03. The van der Waals surface area contributed by atoms with Crippen LogP contribution in [0.1, 0.15) is 42.6 Å². The summed E-state index contributed by atoms with van der Waals surface area (Å²) in [5.41, 5.74) is 12.8. The molecule has 32 heavy (non-hydrogen) atoms. The molecule has 2 N–H and O–H groups in total. The normalized spacial score (nSPS) is 11.1. The zero-order chi connectivity index (χ0) is 22.7. The Kier molecular flexibility index (Phi) is 6.21. The van der Waals surface area contributed by atoms with E-state index in [1.807, 2.05) is 71.1 Å². The standard InChI is InChI=1S/C26H29N5O/c1-4-12-30(13-5-2)26(32)22-11-8-20(14-18(22)3)23-17-31-24(15-29-25(31)16-28-23)19-6-9-21(27)10-7-19/h6-11,14-17H,4-5,12-13,27H2,1-3H3. The molecule has 0 spiro atoms. The second-order valence-electron chi connectivity index (χ2n) is 8.09. The fraction of sp³-hybridized carbons (Fsp3) is 0.269. The zero-order valence-electron chi connectivity index (χ0n) is 18.9. The summed E-state index contributed by atoms with van der Waals surface area (Å²) in [6, 6.07) is 13.7. The van der Waals surface area contributed by atoms with Crippen LogP contribution in [0.5, 0.6) is 0 Å². The van der Waals surface area contributed by atoms with Crippen molar-refractivity contribution >= 4 is 17.2 Å². The second-order valence-corrected chi connectivity index (χ2v) is 8.09. The van der Waals surface area contributed by atoms with E-state index in [0.29, 0.717) is 0 Å². The molecule has 0 unspecified atom stereocenters. The van der Waals surface area contributed by atoms with Gasteiger partial charge in [-0.15, -0.1) is 0 Å². The second kappa shape index (κ2) is 9.22. The van der Waals surface area contributed by atoms with Crippen molar-refractivity contribution in [3.8, 4) is 22.5 Å². The van der Waals surface area contributed by atoms with Crippen molar-refractivity contribution in [1.82, 2.24) is 19.3 Å². The number of fused-ring (bicyclic) bond motifs is 1. The van der Waals surface area contributed by atoms with Crippen LogP contribution in [-0.2, 0) is 0 Å². The Labute approximate surface area is 188 Å². The van der Waals surface area contributed by atoms with E-state index in [2.05, 4.69) is 23.8 Å². The van der Waals surface area contributed by atoms with Gasteiger partial charge in [0.1, 0.15) is 0 Å². The van der Waals surface area contributed by atoms with E-state index in [1.54, 1.807) is 6.20 Å². The molecular formula is C26H29N5O. The van der Waals surface area contributed by atoms with Crippen LogP contribution in [-0.4, -0.2) is 38.3 Å². The van der Waals surface area contributed by atoms with Crippen LogP contribution in [0.2, 0.25) is 0 Å². The molecule has 0 radical (unpaired) electrons. The number of hydrogen-bond acceptors (Lipinski definition) is 4. The molecule has 6 heteroatoms. The van der Waals surface area contributed by atoms with Crippen LogP contribution in [0.3, 0.4) is 0 Å². The summed E-state index contributed by atoms with van der Waals surface area (Å²) >= 11 is 0. The lowest BCUT2D eigenvalue weighted by molar-refractivity contribution is 0.0755. The Morgan fingerprint density at radius 3 is 2.31 bits per heavy atom. The summed E-state index contributed by atoms with van der Waals surface area (Å²) in [4.78, 5) is 24.1. The Morgan fingerprint density at radius 2 is 1.66 bits per heavy atom. The number of amides is 1. The number of aromatic nitrogens is 3. The Bertz CT molecular complexity index is 1240. The largest absolute Gasteiger partial charge is 0.399 e. The predicted octanol–water partition coefficient (Wildman–Crippen LogP) is 5.22. The van der Waals surface area contributed by atoms with E-state index < -0.39 is 0 Å². The van der Waals surface area contributed by atoms with Gasteiger partial charge in [0.05, 0.1) is 23.8 Å². The highest BCUT2D eigenvalue weighted by Crippen LogP contribution is 2.26. The molecule has 0 bridgehead atoms. The number of hydrogen-bond donors (Lipinski definition) is 1. The van der Waals surface area contributed by atoms with Crippen LogP contribution in [0.15, 0.2) is 61.1 Å². The fourth-order valence-corrected chi connectivity index (χ4v) is 3.99. The van der Waals surface area contributed by atoms with Crippen molar-refractivity contribution in [2.24, 2.45) is 0 Å². The smallest absolute Gasteiger partial charge is 0.254 e. The highest BCUT2D eigenvalue weighted by Gasteiger charge is 2.17. The van der Waals surface area contributed by atoms with E-state index in [4.69, 9.17) is 5.73 Å². The van der Waals surface area contributed by atoms with Gasteiger partial charge >= 0.3 is 0 Å². The summed E-state index contributed by atoms with van der Waals surface area (Å²) in [6.07, 6.45) is 7.51. The number of nitrogens with zero attached hydrogens (tertiary/aromatic N) is 4. The van der Waals surface area contributed by atoms with Gasteiger partial charge in [-0.2, -0.15) is 0 Å². The van der Waals surface area contributed by atoms with Gasteiger partial charge in [0.2, 0.25) is 0 Å². The number of carbonyl (C=O) groups is 1. The molecule has 2 aromatic heterocycles. The predicted molar refractivity (Wildman–Crippen MR) is 129 cm³/mol. The fourth-order valence-electron chi connectivity index (χ4n) is 3.99. The minimum atomic E-state index is 0.0985. The summed E-state index contributed by atoms with van der Waals surface area (Å²) in [5.74, 6) is 0.0985.